The molecule has 24 heavy (non-hydrogen) atoms. The molecular weight excluding hydrogens is 417 g/mol. The molecule has 0 aromatic heterocycles. The molecule has 0 spiro atoms. The number of guanidine groups is 1. The molecule has 3 rings (SSSR count). The van der Waals surface area contributed by atoms with E-state index in [0.717, 1.165) is 56.8 Å². The Morgan fingerprint density at radius 2 is 2.04 bits per heavy atom. The third-order valence-corrected chi connectivity index (χ3v) is 5.17. The van der Waals surface area contributed by atoms with Gasteiger partial charge in [0.15, 0.2) is 5.96 Å². The van der Waals surface area contributed by atoms with Gasteiger partial charge in [-0.25, -0.2) is 0 Å². The fourth-order valence-corrected chi connectivity index (χ4v) is 3.40. The molecule has 1 atom stereocenters. The zero-order chi connectivity index (χ0) is 16.1. The van der Waals surface area contributed by atoms with Crippen molar-refractivity contribution < 1.29 is 9.47 Å². The van der Waals surface area contributed by atoms with Gasteiger partial charge in [0.25, 0.3) is 0 Å². The number of nitrogens with two attached hydrogens (primary N) is 1. The number of hydrogen-bond donors (Lipinski definition) is 2. The predicted octanol–water partition coefficient (Wildman–Crippen LogP) is 3.24. The number of nitrogens with zero attached hydrogens (tertiary/aromatic N) is 1. The highest BCUT2D eigenvalue weighted by Gasteiger charge is 2.30. The molecule has 1 unspecified atom stereocenters. The Kier molecular flexibility index (Phi) is 7.16. The van der Waals surface area contributed by atoms with E-state index < -0.39 is 0 Å². The van der Waals surface area contributed by atoms with Crippen LogP contribution in [0.1, 0.15) is 44.2 Å². The number of para-hydroxylation sites is 1. The fraction of sp³-hybridized carbons (Fsp3) is 0.611. The second-order valence-corrected chi connectivity index (χ2v) is 6.54. The van der Waals surface area contributed by atoms with Gasteiger partial charge < -0.3 is 20.5 Å². The first-order chi connectivity index (χ1) is 11.2. The van der Waals surface area contributed by atoms with Gasteiger partial charge in [-0.2, -0.15) is 0 Å². The topological polar surface area (TPSA) is 68.9 Å². The number of nitrogens with one attached hydrogen (secondary N) is 1. The second kappa shape index (κ2) is 8.89. The van der Waals surface area contributed by atoms with E-state index in [9.17, 15) is 0 Å². The minimum atomic E-state index is 0. The largest absolute Gasteiger partial charge is 0.493 e. The molecule has 6 heteroatoms. The predicted molar refractivity (Wildman–Crippen MR) is 107 cm³/mol. The molecule has 1 fully saturated rings. The maximum Gasteiger partial charge on any atom is 0.189 e. The molecule has 0 saturated carbocycles. The number of ether oxygens (including phenoxy) is 2. The molecule has 2 heterocycles. The maximum atomic E-state index is 6.16. The van der Waals surface area contributed by atoms with Crippen LogP contribution in [0.4, 0.5) is 0 Å². The normalized spacial score (nSPS) is 22.7. The lowest BCUT2D eigenvalue weighted by molar-refractivity contribution is 0.0173. The van der Waals surface area contributed by atoms with E-state index in [0.29, 0.717) is 12.6 Å². The molecule has 2 aliphatic heterocycles. The number of fused-ring (bicyclic) bond motifs is 1. The van der Waals surface area contributed by atoms with Crippen molar-refractivity contribution in [3.05, 3.63) is 29.8 Å². The van der Waals surface area contributed by atoms with Gasteiger partial charge >= 0.3 is 0 Å². The lowest BCUT2D eigenvalue weighted by Gasteiger charge is -2.35. The fourth-order valence-electron chi connectivity index (χ4n) is 3.40. The minimum Gasteiger partial charge on any atom is -0.493 e. The van der Waals surface area contributed by atoms with Crippen molar-refractivity contribution in [2.45, 2.75) is 38.6 Å². The van der Waals surface area contributed by atoms with Gasteiger partial charge in [0.1, 0.15) is 5.75 Å². The number of aliphatic imine (C=N–C) groups is 1. The summed E-state index contributed by atoms with van der Waals surface area (Å²) in [4.78, 5) is 4.64. The van der Waals surface area contributed by atoms with Crippen LogP contribution in [0.15, 0.2) is 29.3 Å². The summed E-state index contributed by atoms with van der Waals surface area (Å²) in [5, 5.41) is 3.37. The molecule has 1 aromatic carbocycles. The van der Waals surface area contributed by atoms with E-state index in [-0.39, 0.29) is 35.4 Å². The van der Waals surface area contributed by atoms with E-state index >= 15 is 0 Å². The molecule has 134 valence electrons. The summed E-state index contributed by atoms with van der Waals surface area (Å²) in [6.07, 6.45) is 4.16. The van der Waals surface area contributed by atoms with Crippen LogP contribution in [0.25, 0.3) is 0 Å². The molecule has 5 nitrogen and oxygen atoms in total. The third-order valence-electron chi connectivity index (χ3n) is 5.17. The lowest BCUT2D eigenvalue weighted by Crippen LogP contribution is -2.39. The van der Waals surface area contributed by atoms with Gasteiger partial charge in [0.2, 0.25) is 0 Å². The highest BCUT2D eigenvalue weighted by Crippen LogP contribution is 2.34. The van der Waals surface area contributed by atoms with Crippen molar-refractivity contribution >= 4 is 29.9 Å². The van der Waals surface area contributed by atoms with Crippen molar-refractivity contribution in [1.29, 1.82) is 0 Å². The molecule has 2 aliphatic rings. The quantitative estimate of drug-likeness (QED) is 0.424. The Bertz CT molecular complexity index is 559. The Labute approximate surface area is 161 Å². The number of hydrogen-bond acceptors (Lipinski definition) is 3. The second-order valence-electron chi connectivity index (χ2n) is 6.54. The summed E-state index contributed by atoms with van der Waals surface area (Å²) in [6.45, 7) is 5.39. The van der Waals surface area contributed by atoms with Crippen LogP contribution < -0.4 is 15.8 Å². The first kappa shape index (κ1) is 19.3. The van der Waals surface area contributed by atoms with Crippen molar-refractivity contribution in [2.75, 3.05) is 26.4 Å². The van der Waals surface area contributed by atoms with Gasteiger partial charge in [-0.05, 0) is 30.7 Å². The molecule has 3 N–H and O–H groups in total. The highest BCUT2D eigenvalue weighted by molar-refractivity contribution is 14.0. The Morgan fingerprint density at radius 1 is 1.29 bits per heavy atom. The highest BCUT2D eigenvalue weighted by atomic mass is 127. The van der Waals surface area contributed by atoms with Gasteiger partial charge in [-0.1, -0.05) is 25.1 Å². The molecule has 0 aliphatic carbocycles. The van der Waals surface area contributed by atoms with Gasteiger partial charge in [-0.15, -0.1) is 24.0 Å². The maximum absolute atomic E-state index is 6.16. The van der Waals surface area contributed by atoms with Crippen LogP contribution in [0.3, 0.4) is 0 Å². The first-order valence-corrected chi connectivity index (χ1v) is 8.58. The van der Waals surface area contributed by atoms with Crippen LogP contribution in [0.2, 0.25) is 0 Å². The summed E-state index contributed by atoms with van der Waals surface area (Å²) >= 11 is 0. The molecule has 1 saturated heterocycles. The molecule has 1 aromatic rings. The first-order valence-electron chi connectivity index (χ1n) is 8.58. The summed E-state index contributed by atoms with van der Waals surface area (Å²) in [5.74, 6) is 1.48. The van der Waals surface area contributed by atoms with Gasteiger partial charge in [0, 0.05) is 31.7 Å². The number of benzene rings is 1. The lowest BCUT2D eigenvalue weighted by atomic mass is 9.78. The Morgan fingerprint density at radius 3 is 2.79 bits per heavy atom. The van der Waals surface area contributed by atoms with Crippen molar-refractivity contribution in [1.82, 2.24) is 5.32 Å². The summed E-state index contributed by atoms with van der Waals surface area (Å²) in [5.41, 5.74) is 7.57. The minimum absolute atomic E-state index is 0. The van der Waals surface area contributed by atoms with E-state index in [4.69, 9.17) is 15.2 Å². The molecular formula is C18H28IN3O2. The zero-order valence-electron chi connectivity index (χ0n) is 14.3. The van der Waals surface area contributed by atoms with E-state index in [1.54, 1.807) is 0 Å². The smallest absolute Gasteiger partial charge is 0.189 e. The van der Waals surface area contributed by atoms with Crippen LogP contribution in [-0.2, 0) is 4.74 Å². The van der Waals surface area contributed by atoms with E-state index in [1.807, 2.05) is 18.2 Å². The van der Waals surface area contributed by atoms with E-state index in [2.05, 4.69) is 23.3 Å². The van der Waals surface area contributed by atoms with Crippen LogP contribution in [-0.4, -0.2) is 32.3 Å². The Hall–Kier alpha value is -1.02. The number of halogens is 1. The van der Waals surface area contributed by atoms with Gasteiger partial charge in [0.05, 0.1) is 12.6 Å². The van der Waals surface area contributed by atoms with Crippen LogP contribution in [0, 0.1) is 5.41 Å². The third kappa shape index (κ3) is 4.53. The monoisotopic (exact) mass is 445 g/mol. The average Bonchev–Trinajstić information content (AvgIpc) is 2.61. The zero-order valence-corrected chi connectivity index (χ0v) is 16.6. The summed E-state index contributed by atoms with van der Waals surface area (Å²) in [7, 11) is 0. The van der Waals surface area contributed by atoms with Gasteiger partial charge in [-0.3, -0.25) is 4.99 Å². The standard InChI is InChI=1S/C18H27N3O2.HI/c1-2-18(8-11-22-12-9-18)13-20-17(19)21-15-7-10-23-16-6-4-3-5-14(15)16;/h3-6,15H,2,7-13H2,1H3,(H3,19,20,21);1H. The van der Waals surface area contributed by atoms with Crippen LogP contribution in [0.5, 0.6) is 5.75 Å². The van der Waals surface area contributed by atoms with E-state index in [1.165, 1.54) is 0 Å². The molecule has 0 bridgehead atoms. The SMILES string of the molecule is CCC1(CN=C(N)NC2CCOc3ccccc32)CCOCC1.I. The molecule has 0 amide bonds. The van der Waals surface area contributed by atoms with Crippen molar-refractivity contribution in [3.8, 4) is 5.75 Å². The number of rotatable bonds is 4. The van der Waals surface area contributed by atoms with Crippen molar-refractivity contribution in [2.24, 2.45) is 16.1 Å². The Balaban J connectivity index is 0.00000208. The molecule has 0 radical (unpaired) electrons. The van der Waals surface area contributed by atoms with Crippen molar-refractivity contribution in [3.63, 3.8) is 0 Å². The summed E-state index contributed by atoms with van der Waals surface area (Å²) in [6, 6.07) is 8.30. The summed E-state index contributed by atoms with van der Waals surface area (Å²) < 4.78 is 11.2. The average molecular weight is 445 g/mol. The van der Waals surface area contributed by atoms with Crippen LogP contribution >= 0.6 is 24.0 Å².